The molecule has 0 aliphatic carbocycles. The number of rotatable bonds is 7. The molecule has 0 amide bonds. The fourth-order valence-electron chi connectivity index (χ4n) is 1.75. The van der Waals surface area contributed by atoms with Gasteiger partial charge in [0.2, 0.25) is 0 Å². The van der Waals surface area contributed by atoms with Crippen LogP contribution in [0.5, 0.6) is 11.5 Å². The molecule has 0 fully saturated rings. The van der Waals surface area contributed by atoms with Crippen LogP contribution in [0.25, 0.3) is 0 Å². The molecule has 0 unspecified atom stereocenters. The van der Waals surface area contributed by atoms with E-state index in [2.05, 4.69) is 0 Å². The normalized spacial score (nSPS) is 10.4. The minimum absolute atomic E-state index is 0.185. The van der Waals surface area contributed by atoms with Crippen molar-refractivity contribution in [1.29, 1.82) is 0 Å². The van der Waals surface area contributed by atoms with Crippen molar-refractivity contribution < 1.29 is 19.3 Å². The van der Waals surface area contributed by atoms with Crippen molar-refractivity contribution in [3.8, 4) is 11.5 Å². The predicted octanol–water partition coefficient (Wildman–Crippen LogP) is 1.78. The summed E-state index contributed by atoms with van der Waals surface area (Å²) < 4.78 is 15.8. The summed E-state index contributed by atoms with van der Waals surface area (Å²) in [4.78, 5) is 0. The smallest absolute Gasteiger partial charge is 0.128 e. The highest BCUT2D eigenvalue weighted by atomic mass is 16.5. The zero-order valence-electron chi connectivity index (χ0n) is 10.7. The van der Waals surface area contributed by atoms with E-state index in [4.69, 9.17) is 19.3 Å². The number of hydrogen-bond donors (Lipinski definition) is 1. The highest BCUT2D eigenvalue weighted by Gasteiger charge is 2.12. The van der Waals surface area contributed by atoms with Gasteiger partial charge in [-0.15, -0.1) is 0 Å². The maximum Gasteiger partial charge on any atom is 0.128 e. The lowest BCUT2D eigenvalue weighted by Crippen LogP contribution is -2.01. The van der Waals surface area contributed by atoms with Crippen LogP contribution < -0.4 is 9.47 Å². The highest BCUT2D eigenvalue weighted by Crippen LogP contribution is 2.31. The Morgan fingerprint density at radius 2 is 1.65 bits per heavy atom. The first-order valence-electron chi connectivity index (χ1n) is 5.60. The predicted molar refractivity (Wildman–Crippen MR) is 65.7 cm³/mol. The molecule has 1 N–H and O–H groups in total. The molecule has 1 aromatic rings. The lowest BCUT2D eigenvalue weighted by molar-refractivity contribution is 0.178. The first-order valence-corrected chi connectivity index (χ1v) is 5.60. The first kappa shape index (κ1) is 13.8. The van der Waals surface area contributed by atoms with Gasteiger partial charge in [0.05, 0.1) is 26.4 Å². The second-order valence-electron chi connectivity index (χ2n) is 3.74. The Hall–Kier alpha value is -1.26. The standard InChI is InChI=1S/C13H20O4/c1-15-9-11-12(16-2)7-10(5-4-6-14)8-13(11)17-3/h7-8,14H,4-6,9H2,1-3H3. The molecular weight excluding hydrogens is 220 g/mol. The molecule has 4 heteroatoms. The third-order valence-corrected chi connectivity index (χ3v) is 2.58. The lowest BCUT2D eigenvalue weighted by Gasteiger charge is -2.14. The maximum absolute atomic E-state index is 8.84. The van der Waals surface area contributed by atoms with Crippen molar-refractivity contribution in [3.63, 3.8) is 0 Å². The lowest BCUT2D eigenvalue weighted by atomic mass is 10.1. The van der Waals surface area contributed by atoms with Crippen molar-refractivity contribution in [1.82, 2.24) is 0 Å². The SMILES string of the molecule is COCc1c(OC)cc(CCCO)cc1OC. The van der Waals surface area contributed by atoms with Gasteiger partial charge in [-0.25, -0.2) is 0 Å². The molecule has 1 aromatic carbocycles. The van der Waals surface area contributed by atoms with Gasteiger partial charge in [0.25, 0.3) is 0 Å². The number of ether oxygens (including phenoxy) is 3. The van der Waals surface area contributed by atoms with Crippen LogP contribution in [0.4, 0.5) is 0 Å². The molecule has 1 rings (SSSR count). The highest BCUT2D eigenvalue weighted by molar-refractivity contribution is 5.47. The maximum atomic E-state index is 8.84. The Kier molecular flexibility index (Phi) is 5.80. The monoisotopic (exact) mass is 240 g/mol. The summed E-state index contributed by atoms with van der Waals surface area (Å²) in [5.74, 6) is 1.53. The number of methoxy groups -OCH3 is 3. The van der Waals surface area contributed by atoms with Crippen molar-refractivity contribution in [2.24, 2.45) is 0 Å². The fourth-order valence-corrected chi connectivity index (χ4v) is 1.75. The molecular formula is C13H20O4. The summed E-state index contributed by atoms with van der Waals surface area (Å²) >= 11 is 0. The molecule has 17 heavy (non-hydrogen) atoms. The summed E-state index contributed by atoms with van der Waals surface area (Å²) in [6.45, 7) is 0.636. The van der Waals surface area contributed by atoms with E-state index in [1.54, 1.807) is 21.3 Å². The molecule has 0 saturated carbocycles. The van der Waals surface area contributed by atoms with Crippen LogP contribution in [-0.2, 0) is 17.8 Å². The van der Waals surface area contributed by atoms with Crippen molar-refractivity contribution >= 4 is 0 Å². The van der Waals surface area contributed by atoms with Crippen LogP contribution in [0.1, 0.15) is 17.5 Å². The molecule has 0 bridgehead atoms. The Balaban J connectivity index is 3.05. The Morgan fingerprint density at radius 3 is 2.06 bits per heavy atom. The molecule has 4 nitrogen and oxygen atoms in total. The van der Waals surface area contributed by atoms with Gasteiger partial charge in [0.1, 0.15) is 11.5 Å². The van der Waals surface area contributed by atoms with Gasteiger partial charge in [0.15, 0.2) is 0 Å². The minimum Gasteiger partial charge on any atom is -0.496 e. The van der Waals surface area contributed by atoms with E-state index in [1.165, 1.54) is 0 Å². The summed E-state index contributed by atoms with van der Waals surface area (Å²) in [7, 11) is 4.89. The molecule has 0 aliphatic heterocycles. The van der Waals surface area contributed by atoms with Gasteiger partial charge in [0, 0.05) is 13.7 Å². The van der Waals surface area contributed by atoms with E-state index in [1.807, 2.05) is 12.1 Å². The van der Waals surface area contributed by atoms with Crippen LogP contribution in [0.15, 0.2) is 12.1 Å². The zero-order chi connectivity index (χ0) is 12.7. The topological polar surface area (TPSA) is 47.9 Å². The number of aliphatic hydroxyl groups excluding tert-OH is 1. The second-order valence-corrected chi connectivity index (χ2v) is 3.74. The van der Waals surface area contributed by atoms with Gasteiger partial charge in [-0.3, -0.25) is 0 Å². The molecule has 0 aliphatic rings. The van der Waals surface area contributed by atoms with Crippen LogP contribution in [0.2, 0.25) is 0 Å². The third kappa shape index (κ3) is 3.61. The molecule has 0 radical (unpaired) electrons. The van der Waals surface area contributed by atoms with E-state index in [9.17, 15) is 0 Å². The van der Waals surface area contributed by atoms with Gasteiger partial charge < -0.3 is 19.3 Å². The van der Waals surface area contributed by atoms with E-state index >= 15 is 0 Å². The molecule has 0 spiro atoms. The Bertz CT molecular complexity index is 324. The van der Waals surface area contributed by atoms with Gasteiger partial charge in [-0.1, -0.05) is 0 Å². The van der Waals surface area contributed by atoms with Gasteiger partial charge in [-0.2, -0.15) is 0 Å². The number of aryl methyl sites for hydroxylation is 1. The Labute approximate surface area is 102 Å². The largest absolute Gasteiger partial charge is 0.496 e. The molecule has 0 saturated heterocycles. The molecule has 0 heterocycles. The summed E-state index contributed by atoms with van der Waals surface area (Å²) in [5.41, 5.74) is 2.00. The van der Waals surface area contributed by atoms with Crippen molar-refractivity contribution in [2.75, 3.05) is 27.9 Å². The van der Waals surface area contributed by atoms with E-state index in [0.717, 1.165) is 35.5 Å². The van der Waals surface area contributed by atoms with Crippen molar-refractivity contribution in [2.45, 2.75) is 19.4 Å². The van der Waals surface area contributed by atoms with Gasteiger partial charge in [-0.05, 0) is 30.5 Å². The number of aliphatic hydroxyl groups is 1. The zero-order valence-corrected chi connectivity index (χ0v) is 10.7. The van der Waals surface area contributed by atoms with Crippen LogP contribution >= 0.6 is 0 Å². The quantitative estimate of drug-likeness (QED) is 0.789. The van der Waals surface area contributed by atoms with Crippen LogP contribution in [0, 0.1) is 0 Å². The molecule has 0 atom stereocenters. The van der Waals surface area contributed by atoms with Crippen LogP contribution in [-0.4, -0.2) is 33.0 Å². The van der Waals surface area contributed by atoms with E-state index in [-0.39, 0.29) is 6.61 Å². The summed E-state index contributed by atoms with van der Waals surface area (Å²) in [6.07, 6.45) is 1.53. The van der Waals surface area contributed by atoms with Crippen molar-refractivity contribution in [3.05, 3.63) is 23.3 Å². The number of benzene rings is 1. The van der Waals surface area contributed by atoms with Gasteiger partial charge >= 0.3 is 0 Å². The van der Waals surface area contributed by atoms with Crippen LogP contribution in [0.3, 0.4) is 0 Å². The second kappa shape index (κ2) is 7.14. The third-order valence-electron chi connectivity index (χ3n) is 2.58. The summed E-state index contributed by atoms with van der Waals surface area (Å²) in [5, 5.41) is 8.84. The number of hydrogen-bond acceptors (Lipinski definition) is 4. The average molecular weight is 240 g/mol. The first-order chi connectivity index (χ1) is 8.26. The Morgan fingerprint density at radius 1 is 1.06 bits per heavy atom. The average Bonchev–Trinajstić information content (AvgIpc) is 2.37. The molecule has 0 aromatic heterocycles. The minimum atomic E-state index is 0.185. The molecule has 96 valence electrons. The summed E-state index contributed by atoms with van der Waals surface area (Å²) in [6, 6.07) is 3.93. The van der Waals surface area contributed by atoms with E-state index in [0.29, 0.717) is 6.61 Å². The van der Waals surface area contributed by atoms with E-state index < -0.39 is 0 Å². The fraction of sp³-hybridized carbons (Fsp3) is 0.538.